The van der Waals surface area contributed by atoms with E-state index in [0.29, 0.717) is 38.6 Å². The van der Waals surface area contributed by atoms with Gasteiger partial charge in [-0.3, -0.25) is 9.48 Å². The van der Waals surface area contributed by atoms with E-state index >= 15 is 0 Å². The molecule has 0 aromatic carbocycles. The van der Waals surface area contributed by atoms with Gasteiger partial charge in [-0.25, -0.2) is 0 Å². The van der Waals surface area contributed by atoms with Crippen LogP contribution < -0.4 is 5.32 Å². The van der Waals surface area contributed by atoms with Gasteiger partial charge < -0.3 is 14.8 Å². The molecule has 1 aromatic heterocycles. The number of ether oxygens (including phenoxy) is 2. The Kier molecular flexibility index (Phi) is 7.24. The largest absolute Gasteiger partial charge is 0.379 e. The van der Waals surface area contributed by atoms with Gasteiger partial charge in [-0.05, 0) is 34.1 Å². The molecule has 0 saturated carbocycles. The number of hydrogen-bond donors (Lipinski definition) is 1. The minimum atomic E-state index is 0.0733. The Bertz CT molecular complexity index is 538. The van der Waals surface area contributed by atoms with E-state index < -0.39 is 0 Å². The van der Waals surface area contributed by atoms with Gasteiger partial charge in [-0.1, -0.05) is 0 Å². The van der Waals surface area contributed by atoms with Crippen LogP contribution in [0.5, 0.6) is 0 Å². The van der Waals surface area contributed by atoms with Crippen LogP contribution in [0.1, 0.15) is 63.5 Å². The van der Waals surface area contributed by atoms with Crippen molar-refractivity contribution in [2.75, 3.05) is 19.8 Å². The van der Waals surface area contributed by atoms with Gasteiger partial charge in [0.1, 0.15) is 0 Å². The van der Waals surface area contributed by atoms with Crippen LogP contribution in [-0.2, 0) is 33.7 Å². The van der Waals surface area contributed by atoms with Crippen LogP contribution in [0.4, 0.5) is 0 Å². The standard InChI is InChI=1S/C18H31N3O3/c1-13(2)21-17-8-11-23-12-15(17)16(20-21)6-7-18(22)19-9-5-10-24-14(3)4/h13-14H,5-12H2,1-4H3,(H,19,22). The number of rotatable bonds is 9. The second-order valence-corrected chi connectivity index (χ2v) is 6.84. The molecule has 6 nitrogen and oxygen atoms in total. The number of nitrogens with zero attached hydrogens (tertiary/aromatic N) is 2. The molecule has 0 radical (unpaired) electrons. The van der Waals surface area contributed by atoms with E-state index in [1.165, 1.54) is 11.3 Å². The number of hydrogen-bond acceptors (Lipinski definition) is 4. The van der Waals surface area contributed by atoms with Crippen molar-refractivity contribution in [2.24, 2.45) is 0 Å². The zero-order valence-corrected chi connectivity index (χ0v) is 15.4. The first-order valence-corrected chi connectivity index (χ1v) is 9.04. The van der Waals surface area contributed by atoms with Crippen LogP contribution in [0.15, 0.2) is 0 Å². The summed E-state index contributed by atoms with van der Waals surface area (Å²) in [6.45, 7) is 11.0. The van der Waals surface area contributed by atoms with Crippen molar-refractivity contribution in [2.45, 2.75) is 72.1 Å². The lowest BCUT2D eigenvalue weighted by Gasteiger charge is -2.16. The van der Waals surface area contributed by atoms with Crippen LogP contribution in [-0.4, -0.2) is 41.6 Å². The quantitative estimate of drug-likeness (QED) is 0.703. The average molecular weight is 337 g/mol. The van der Waals surface area contributed by atoms with E-state index in [2.05, 4.69) is 23.8 Å². The molecule has 1 aliphatic heterocycles. The first-order chi connectivity index (χ1) is 11.5. The molecule has 1 aromatic rings. The Labute approximate surface area is 144 Å². The highest BCUT2D eigenvalue weighted by Gasteiger charge is 2.22. The fraction of sp³-hybridized carbons (Fsp3) is 0.778. The monoisotopic (exact) mass is 337 g/mol. The van der Waals surface area contributed by atoms with Gasteiger partial charge in [-0.15, -0.1) is 0 Å². The Morgan fingerprint density at radius 2 is 2.17 bits per heavy atom. The number of nitrogens with one attached hydrogen (secondary N) is 1. The summed E-state index contributed by atoms with van der Waals surface area (Å²) < 4.78 is 13.1. The van der Waals surface area contributed by atoms with E-state index in [9.17, 15) is 4.79 Å². The molecule has 1 aliphatic rings. The van der Waals surface area contributed by atoms with Gasteiger partial charge in [0.25, 0.3) is 0 Å². The van der Waals surface area contributed by atoms with Crippen molar-refractivity contribution in [3.8, 4) is 0 Å². The van der Waals surface area contributed by atoms with Crippen molar-refractivity contribution in [1.29, 1.82) is 0 Å². The minimum Gasteiger partial charge on any atom is -0.379 e. The summed E-state index contributed by atoms with van der Waals surface area (Å²) in [6.07, 6.45) is 3.12. The van der Waals surface area contributed by atoms with Crippen molar-refractivity contribution < 1.29 is 14.3 Å². The molecule has 1 N–H and O–H groups in total. The van der Waals surface area contributed by atoms with Gasteiger partial charge in [0.15, 0.2) is 0 Å². The lowest BCUT2D eigenvalue weighted by atomic mass is 10.1. The maximum atomic E-state index is 12.0. The SMILES string of the molecule is CC(C)OCCCNC(=O)CCc1nn(C(C)C)c2c1COCC2. The average Bonchev–Trinajstić information content (AvgIpc) is 2.91. The molecule has 24 heavy (non-hydrogen) atoms. The summed E-state index contributed by atoms with van der Waals surface area (Å²) >= 11 is 0. The second kappa shape index (κ2) is 9.18. The van der Waals surface area contributed by atoms with Crippen LogP contribution in [0.25, 0.3) is 0 Å². The summed E-state index contributed by atoms with van der Waals surface area (Å²) in [6, 6.07) is 0.334. The molecule has 0 atom stereocenters. The molecule has 2 heterocycles. The molecule has 0 aliphatic carbocycles. The van der Waals surface area contributed by atoms with Crippen molar-refractivity contribution >= 4 is 5.91 Å². The minimum absolute atomic E-state index is 0.0733. The second-order valence-electron chi connectivity index (χ2n) is 6.84. The molecule has 2 rings (SSSR count). The van der Waals surface area contributed by atoms with Gasteiger partial charge >= 0.3 is 0 Å². The molecule has 0 spiro atoms. The van der Waals surface area contributed by atoms with Crippen LogP contribution in [0.2, 0.25) is 0 Å². The fourth-order valence-electron chi connectivity index (χ4n) is 2.90. The Hall–Kier alpha value is -1.40. The summed E-state index contributed by atoms with van der Waals surface area (Å²) in [5.74, 6) is 0.0733. The summed E-state index contributed by atoms with van der Waals surface area (Å²) in [4.78, 5) is 12.0. The third-order valence-corrected chi connectivity index (χ3v) is 4.10. The van der Waals surface area contributed by atoms with Gasteiger partial charge in [-0.2, -0.15) is 5.10 Å². The lowest BCUT2D eigenvalue weighted by Crippen LogP contribution is -2.26. The summed E-state index contributed by atoms with van der Waals surface area (Å²) in [7, 11) is 0. The van der Waals surface area contributed by atoms with Gasteiger partial charge in [0, 0.05) is 49.7 Å². The van der Waals surface area contributed by atoms with Crippen molar-refractivity contribution in [3.63, 3.8) is 0 Å². The molecule has 6 heteroatoms. The Morgan fingerprint density at radius 1 is 1.38 bits per heavy atom. The first-order valence-electron chi connectivity index (χ1n) is 9.04. The zero-order valence-electron chi connectivity index (χ0n) is 15.4. The van der Waals surface area contributed by atoms with E-state index in [-0.39, 0.29) is 12.0 Å². The van der Waals surface area contributed by atoms with E-state index in [1.54, 1.807) is 0 Å². The van der Waals surface area contributed by atoms with E-state index in [0.717, 1.165) is 25.1 Å². The number of aryl methyl sites for hydroxylation is 1. The number of carbonyl (C=O) groups excluding carboxylic acids is 1. The third-order valence-electron chi connectivity index (χ3n) is 4.10. The third kappa shape index (κ3) is 5.31. The topological polar surface area (TPSA) is 65.4 Å². The molecule has 0 fully saturated rings. The fourth-order valence-corrected chi connectivity index (χ4v) is 2.90. The van der Waals surface area contributed by atoms with Crippen LogP contribution in [0, 0.1) is 0 Å². The van der Waals surface area contributed by atoms with Crippen molar-refractivity contribution in [3.05, 3.63) is 17.0 Å². The molecule has 0 bridgehead atoms. The smallest absolute Gasteiger partial charge is 0.220 e. The Morgan fingerprint density at radius 3 is 2.88 bits per heavy atom. The molecule has 0 saturated heterocycles. The number of aromatic nitrogens is 2. The normalized spacial score (nSPS) is 14.2. The molecule has 136 valence electrons. The first kappa shape index (κ1) is 18.9. The molecule has 1 amide bonds. The van der Waals surface area contributed by atoms with Crippen LogP contribution in [0.3, 0.4) is 0 Å². The van der Waals surface area contributed by atoms with E-state index in [1.807, 2.05) is 13.8 Å². The number of fused-ring (bicyclic) bond motifs is 1. The highest BCUT2D eigenvalue weighted by Crippen LogP contribution is 2.24. The zero-order chi connectivity index (χ0) is 17.5. The molecular weight excluding hydrogens is 306 g/mol. The van der Waals surface area contributed by atoms with Gasteiger partial charge in [0.2, 0.25) is 5.91 Å². The highest BCUT2D eigenvalue weighted by atomic mass is 16.5. The van der Waals surface area contributed by atoms with Crippen LogP contribution >= 0.6 is 0 Å². The highest BCUT2D eigenvalue weighted by molar-refractivity contribution is 5.76. The van der Waals surface area contributed by atoms with E-state index in [4.69, 9.17) is 14.6 Å². The summed E-state index contributed by atoms with van der Waals surface area (Å²) in [5.41, 5.74) is 3.47. The van der Waals surface area contributed by atoms with Gasteiger partial charge in [0.05, 0.1) is 25.0 Å². The number of carbonyl (C=O) groups is 1. The lowest BCUT2D eigenvalue weighted by molar-refractivity contribution is -0.121. The molecular formula is C18H31N3O3. The number of amides is 1. The predicted molar refractivity (Wildman–Crippen MR) is 93.0 cm³/mol. The Balaban J connectivity index is 1.80. The van der Waals surface area contributed by atoms with Crippen molar-refractivity contribution in [1.82, 2.24) is 15.1 Å². The predicted octanol–water partition coefficient (Wildman–Crippen LogP) is 2.40. The maximum Gasteiger partial charge on any atom is 0.220 e. The summed E-state index contributed by atoms with van der Waals surface area (Å²) in [5, 5.41) is 7.68. The molecule has 0 unspecified atom stereocenters. The maximum absolute atomic E-state index is 12.0.